The highest BCUT2D eigenvalue weighted by Gasteiger charge is 2.39. The molecule has 0 aromatic carbocycles. The Morgan fingerprint density at radius 1 is 1.17 bits per heavy atom. The Hall–Kier alpha value is -0.980. The van der Waals surface area contributed by atoms with Crippen LogP contribution in [-0.4, -0.2) is 65.4 Å². The van der Waals surface area contributed by atoms with E-state index in [1.54, 1.807) is 0 Å². The average molecular weight is 336 g/mol. The lowest BCUT2D eigenvalue weighted by atomic mass is 9.79. The fourth-order valence-corrected chi connectivity index (χ4v) is 4.29. The van der Waals surface area contributed by atoms with E-state index in [4.69, 9.17) is 9.26 Å². The van der Waals surface area contributed by atoms with Gasteiger partial charge in [-0.1, -0.05) is 31.3 Å². The molecule has 0 spiro atoms. The van der Waals surface area contributed by atoms with Crippen LogP contribution in [0.1, 0.15) is 57.2 Å². The van der Waals surface area contributed by atoms with E-state index in [9.17, 15) is 0 Å². The predicted octanol–water partition coefficient (Wildman–Crippen LogP) is 2.49. The predicted molar refractivity (Wildman–Crippen MR) is 92.8 cm³/mol. The van der Waals surface area contributed by atoms with Gasteiger partial charge in [0, 0.05) is 31.6 Å². The third-order valence-electron chi connectivity index (χ3n) is 5.42. The zero-order valence-electron chi connectivity index (χ0n) is 15.3. The van der Waals surface area contributed by atoms with E-state index in [0.29, 0.717) is 5.54 Å². The molecule has 0 atom stereocenters. The van der Waals surface area contributed by atoms with Crippen LogP contribution in [0, 0.1) is 0 Å². The summed E-state index contributed by atoms with van der Waals surface area (Å²) < 4.78 is 11.0. The Kier molecular flexibility index (Phi) is 6.25. The van der Waals surface area contributed by atoms with Crippen molar-refractivity contribution < 1.29 is 9.26 Å². The molecule has 1 aliphatic carbocycles. The second-order valence-corrected chi connectivity index (χ2v) is 7.41. The van der Waals surface area contributed by atoms with Crippen LogP contribution >= 0.6 is 0 Å². The van der Waals surface area contributed by atoms with Crippen LogP contribution in [0.4, 0.5) is 0 Å². The number of aryl methyl sites for hydroxylation is 1. The molecule has 2 fully saturated rings. The van der Waals surface area contributed by atoms with Gasteiger partial charge >= 0.3 is 0 Å². The summed E-state index contributed by atoms with van der Waals surface area (Å²) >= 11 is 0. The van der Waals surface area contributed by atoms with Crippen molar-refractivity contribution in [2.24, 2.45) is 0 Å². The van der Waals surface area contributed by atoms with Gasteiger partial charge in [0.15, 0.2) is 5.82 Å². The Morgan fingerprint density at radius 3 is 2.62 bits per heavy atom. The summed E-state index contributed by atoms with van der Waals surface area (Å²) in [5.74, 6) is 1.58. The summed E-state index contributed by atoms with van der Waals surface area (Å²) in [7, 11) is 2.18. The maximum Gasteiger partial charge on any atom is 0.240 e. The van der Waals surface area contributed by atoms with Crippen molar-refractivity contribution in [2.45, 2.75) is 64.0 Å². The second kappa shape index (κ2) is 8.41. The third-order valence-corrected chi connectivity index (χ3v) is 5.42. The van der Waals surface area contributed by atoms with E-state index in [1.165, 1.54) is 32.1 Å². The largest absolute Gasteiger partial charge is 0.379 e. The van der Waals surface area contributed by atoms with E-state index < -0.39 is 0 Å². The van der Waals surface area contributed by atoms with Gasteiger partial charge in [-0.05, 0) is 26.3 Å². The van der Waals surface area contributed by atoms with Crippen LogP contribution in [0.25, 0.3) is 0 Å². The summed E-state index contributed by atoms with van der Waals surface area (Å²) in [4.78, 5) is 9.56. The van der Waals surface area contributed by atoms with Crippen molar-refractivity contribution in [3.05, 3.63) is 11.7 Å². The van der Waals surface area contributed by atoms with E-state index in [0.717, 1.165) is 63.9 Å². The van der Waals surface area contributed by atoms with Crippen LogP contribution in [0.15, 0.2) is 4.52 Å². The summed E-state index contributed by atoms with van der Waals surface area (Å²) in [6, 6.07) is 0. The number of aromatic nitrogens is 2. The number of hydrogen-bond acceptors (Lipinski definition) is 6. The number of hydrogen-bond donors (Lipinski definition) is 0. The quantitative estimate of drug-likeness (QED) is 0.762. The highest BCUT2D eigenvalue weighted by molar-refractivity contribution is 4.97. The van der Waals surface area contributed by atoms with Crippen molar-refractivity contribution in [3.63, 3.8) is 0 Å². The molecule has 0 bridgehead atoms. The van der Waals surface area contributed by atoms with Crippen molar-refractivity contribution in [2.75, 3.05) is 39.9 Å². The van der Waals surface area contributed by atoms with Crippen LogP contribution in [0.2, 0.25) is 0 Å². The summed E-state index contributed by atoms with van der Waals surface area (Å²) in [5, 5.41) is 4.07. The molecule has 0 radical (unpaired) electrons. The fraction of sp³-hybridized carbons (Fsp3) is 0.889. The Labute approximate surface area is 145 Å². The molecule has 2 heterocycles. The van der Waals surface area contributed by atoms with Gasteiger partial charge in [0.1, 0.15) is 0 Å². The highest BCUT2D eigenvalue weighted by Crippen LogP contribution is 2.35. The van der Waals surface area contributed by atoms with Crippen molar-refractivity contribution in [3.8, 4) is 0 Å². The lowest BCUT2D eigenvalue weighted by Crippen LogP contribution is -2.59. The molecule has 0 amide bonds. The minimum absolute atomic E-state index is 0.295. The summed E-state index contributed by atoms with van der Waals surface area (Å²) in [6.07, 6.45) is 8.59. The van der Waals surface area contributed by atoms with Gasteiger partial charge in [-0.2, -0.15) is 4.98 Å². The minimum atomic E-state index is 0.295. The van der Waals surface area contributed by atoms with Crippen LogP contribution in [-0.2, 0) is 17.7 Å². The molecule has 1 aromatic rings. The number of likely N-dealkylation sites (N-methyl/N-ethyl adjacent to an activating group) is 1. The first-order valence-corrected chi connectivity index (χ1v) is 9.55. The first kappa shape index (κ1) is 17.8. The number of nitrogens with zero attached hydrogens (tertiary/aromatic N) is 4. The molecule has 0 unspecified atom stereocenters. The molecule has 1 saturated carbocycles. The average Bonchev–Trinajstić information content (AvgIpc) is 3.03. The van der Waals surface area contributed by atoms with Crippen molar-refractivity contribution in [1.82, 2.24) is 19.9 Å². The van der Waals surface area contributed by atoms with Gasteiger partial charge in [0.25, 0.3) is 0 Å². The van der Waals surface area contributed by atoms with Gasteiger partial charge in [-0.3, -0.25) is 9.80 Å². The molecule has 136 valence electrons. The number of ether oxygens (including phenoxy) is 1. The molecular formula is C18H32N4O2. The molecule has 2 aliphatic rings. The normalized spacial score (nSPS) is 22.1. The van der Waals surface area contributed by atoms with E-state index >= 15 is 0 Å². The topological polar surface area (TPSA) is 54.6 Å². The molecule has 0 N–H and O–H groups in total. The molecular weight excluding hydrogens is 304 g/mol. The van der Waals surface area contributed by atoms with Gasteiger partial charge in [-0.25, -0.2) is 0 Å². The third kappa shape index (κ3) is 4.35. The lowest BCUT2D eigenvalue weighted by molar-refractivity contribution is -0.0497. The van der Waals surface area contributed by atoms with Gasteiger partial charge in [-0.15, -0.1) is 0 Å². The second-order valence-electron chi connectivity index (χ2n) is 7.41. The SMILES string of the molecule is CCCc1noc(CN(C)CC2(N3CCOCC3)CCCCC2)n1. The standard InChI is InChI=1S/C18H32N4O2/c1-3-7-16-19-17(24-20-16)14-21(2)15-18(8-5-4-6-9-18)22-10-12-23-13-11-22/h3-15H2,1-2H3. The minimum Gasteiger partial charge on any atom is -0.379 e. The van der Waals surface area contributed by atoms with Gasteiger partial charge in [0.2, 0.25) is 5.89 Å². The zero-order chi connectivity index (χ0) is 16.8. The van der Waals surface area contributed by atoms with Gasteiger partial charge in [0.05, 0.1) is 19.8 Å². The summed E-state index contributed by atoms with van der Waals surface area (Å²) in [6.45, 7) is 7.81. The van der Waals surface area contributed by atoms with E-state index in [-0.39, 0.29) is 0 Å². The molecule has 1 saturated heterocycles. The Balaban J connectivity index is 1.62. The van der Waals surface area contributed by atoms with E-state index in [1.807, 2.05) is 0 Å². The highest BCUT2D eigenvalue weighted by atomic mass is 16.5. The lowest BCUT2D eigenvalue weighted by Gasteiger charge is -2.49. The van der Waals surface area contributed by atoms with Crippen molar-refractivity contribution in [1.29, 1.82) is 0 Å². The van der Waals surface area contributed by atoms with Crippen LogP contribution in [0.3, 0.4) is 0 Å². The molecule has 1 aliphatic heterocycles. The first-order chi connectivity index (χ1) is 11.7. The van der Waals surface area contributed by atoms with E-state index in [2.05, 4.69) is 33.9 Å². The van der Waals surface area contributed by atoms with Crippen LogP contribution < -0.4 is 0 Å². The monoisotopic (exact) mass is 336 g/mol. The van der Waals surface area contributed by atoms with Gasteiger partial charge < -0.3 is 9.26 Å². The maximum atomic E-state index is 5.57. The Morgan fingerprint density at radius 2 is 1.92 bits per heavy atom. The number of rotatable bonds is 7. The maximum absolute atomic E-state index is 5.57. The van der Waals surface area contributed by atoms with Crippen molar-refractivity contribution >= 4 is 0 Å². The van der Waals surface area contributed by atoms with Crippen LogP contribution in [0.5, 0.6) is 0 Å². The summed E-state index contributed by atoms with van der Waals surface area (Å²) in [5.41, 5.74) is 0.295. The molecule has 1 aromatic heterocycles. The zero-order valence-corrected chi connectivity index (χ0v) is 15.3. The Bertz CT molecular complexity index is 493. The molecule has 24 heavy (non-hydrogen) atoms. The smallest absolute Gasteiger partial charge is 0.240 e. The molecule has 6 nitrogen and oxygen atoms in total. The number of morpholine rings is 1. The molecule has 6 heteroatoms. The molecule has 3 rings (SSSR count). The first-order valence-electron chi connectivity index (χ1n) is 9.55. The fourth-order valence-electron chi connectivity index (χ4n) is 4.29.